The van der Waals surface area contributed by atoms with Crippen LogP contribution in [0.15, 0.2) is 12.5 Å². The summed E-state index contributed by atoms with van der Waals surface area (Å²) >= 11 is 0. The van der Waals surface area contributed by atoms with E-state index in [0.717, 1.165) is 6.42 Å². The lowest BCUT2D eigenvalue weighted by Crippen LogP contribution is -2.21. The van der Waals surface area contributed by atoms with Crippen LogP contribution in [0.25, 0.3) is 0 Å². The Bertz CT molecular complexity index is 363. The van der Waals surface area contributed by atoms with Gasteiger partial charge < -0.3 is 15.2 Å². The fourth-order valence-electron chi connectivity index (χ4n) is 1.44. The van der Waals surface area contributed by atoms with Crippen LogP contribution in [-0.2, 0) is 4.74 Å². The number of ether oxygens (including phenoxy) is 1. The lowest BCUT2D eigenvalue weighted by molar-refractivity contribution is 0.0697. The topological polar surface area (TPSA) is 84.3 Å². The molecule has 1 fully saturated rings. The molecule has 0 aromatic carbocycles. The zero-order valence-electron chi connectivity index (χ0n) is 8.01. The zero-order chi connectivity index (χ0) is 10.7. The van der Waals surface area contributed by atoms with Crippen molar-refractivity contribution in [1.82, 2.24) is 9.97 Å². The number of rotatable bonds is 3. The Morgan fingerprint density at radius 2 is 2.53 bits per heavy atom. The van der Waals surface area contributed by atoms with E-state index in [1.807, 2.05) is 0 Å². The predicted octanol–water partition coefficient (Wildman–Crippen LogP) is 0.376. The van der Waals surface area contributed by atoms with E-state index in [1.54, 1.807) is 0 Å². The van der Waals surface area contributed by atoms with Crippen molar-refractivity contribution < 1.29 is 14.6 Å². The lowest BCUT2D eigenvalue weighted by Gasteiger charge is -2.12. The Labute approximate surface area is 86.3 Å². The molecular weight excluding hydrogens is 198 g/mol. The molecule has 0 spiro atoms. The summed E-state index contributed by atoms with van der Waals surface area (Å²) in [7, 11) is 0. The number of aromatic nitrogens is 2. The summed E-state index contributed by atoms with van der Waals surface area (Å²) in [6.07, 6.45) is 3.47. The van der Waals surface area contributed by atoms with Crippen LogP contribution in [0.1, 0.15) is 16.8 Å². The van der Waals surface area contributed by atoms with Crippen molar-refractivity contribution in [2.75, 3.05) is 18.5 Å². The van der Waals surface area contributed by atoms with Crippen LogP contribution in [0.2, 0.25) is 0 Å². The molecule has 1 atom stereocenters. The molecule has 80 valence electrons. The summed E-state index contributed by atoms with van der Waals surface area (Å²) < 4.78 is 5.18. The standard InChI is InChI=1S/C9H11N3O3/c13-9(14)7-3-10-5-11-8(7)12-6-1-2-15-4-6/h3,5-6H,1-2,4H2,(H,13,14)(H,10,11,12). The van der Waals surface area contributed by atoms with E-state index in [-0.39, 0.29) is 11.6 Å². The van der Waals surface area contributed by atoms with Gasteiger partial charge in [0.2, 0.25) is 0 Å². The van der Waals surface area contributed by atoms with Gasteiger partial charge in [0.25, 0.3) is 0 Å². The van der Waals surface area contributed by atoms with E-state index in [4.69, 9.17) is 9.84 Å². The first-order valence-electron chi connectivity index (χ1n) is 4.65. The molecule has 1 aliphatic rings. The lowest BCUT2D eigenvalue weighted by atomic mass is 10.2. The molecule has 1 saturated heterocycles. The van der Waals surface area contributed by atoms with Gasteiger partial charge in [0.1, 0.15) is 17.7 Å². The van der Waals surface area contributed by atoms with Gasteiger partial charge in [-0.3, -0.25) is 0 Å². The average Bonchev–Trinajstić information content (AvgIpc) is 2.71. The number of nitrogens with zero attached hydrogens (tertiary/aromatic N) is 2. The van der Waals surface area contributed by atoms with Crippen molar-refractivity contribution in [1.29, 1.82) is 0 Å². The Balaban J connectivity index is 2.15. The number of carbonyl (C=O) groups is 1. The summed E-state index contributed by atoms with van der Waals surface area (Å²) in [6, 6.07) is 0.137. The van der Waals surface area contributed by atoms with Crippen molar-refractivity contribution in [3.05, 3.63) is 18.1 Å². The number of hydrogen-bond donors (Lipinski definition) is 2. The van der Waals surface area contributed by atoms with Crippen LogP contribution in [-0.4, -0.2) is 40.3 Å². The molecule has 0 radical (unpaired) electrons. The number of carboxylic acid groups (broad SMARTS) is 1. The van der Waals surface area contributed by atoms with E-state index in [1.165, 1.54) is 12.5 Å². The Kier molecular flexibility index (Phi) is 2.77. The maximum absolute atomic E-state index is 10.8. The van der Waals surface area contributed by atoms with Crippen LogP contribution in [0.4, 0.5) is 5.82 Å². The summed E-state index contributed by atoms with van der Waals surface area (Å²) in [6.45, 7) is 1.29. The minimum atomic E-state index is -1.03. The van der Waals surface area contributed by atoms with Crippen molar-refractivity contribution in [2.24, 2.45) is 0 Å². The van der Waals surface area contributed by atoms with Crippen molar-refractivity contribution in [2.45, 2.75) is 12.5 Å². The summed E-state index contributed by atoms with van der Waals surface area (Å²) in [5.74, 6) is -0.676. The third-order valence-corrected chi connectivity index (χ3v) is 2.21. The van der Waals surface area contributed by atoms with E-state index >= 15 is 0 Å². The molecule has 15 heavy (non-hydrogen) atoms. The summed E-state index contributed by atoms with van der Waals surface area (Å²) in [4.78, 5) is 18.4. The highest BCUT2D eigenvalue weighted by Gasteiger charge is 2.19. The molecule has 6 nitrogen and oxygen atoms in total. The molecular formula is C9H11N3O3. The molecule has 1 aromatic rings. The van der Waals surface area contributed by atoms with Crippen LogP contribution >= 0.6 is 0 Å². The van der Waals surface area contributed by atoms with E-state index in [9.17, 15) is 4.79 Å². The number of hydrogen-bond acceptors (Lipinski definition) is 5. The van der Waals surface area contributed by atoms with Gasteiger partial charge in [0.05, 0.1) is 12.6 Å². The third-order valence-electron chi connectivity index (χ3n) is 2.21. The zero-order valence-corrected chi connectivity index (χ0v) is 8.01. The molecule has 2 heterocycles. The monoisotopic (exact) mass is 209 g/mol. The molecule has 0 saturated carbocycles. The first kappa shape index (κ1) is 9.85. The van der Waals surface area contributed by atoms with E-state index in [0.29, 0.717) is 19.0 Å². The van der Waals surface area contributed by atoms with Crippen molar-refractivity contribution >= 4 is 11.8 Å². The Morgan fingerprint density at radius 1 is 1.67 bits per heavy atom. The largest absolute Gasteiger partial charge is 0.477 e. The Morgan fingerprint density at radius 3 is 3.20 bits per heavy atom. The highest BCUT2D eigenvalue weighted by atomic mass is 16.5. The predicted molar refractivity (Wildman–Crippen MR) is 51.8 cm³/mol. The fraction of sp³-hybridized carbons (Fsp3) is 0.444. The van der Waals surface area contributed by atoms with Crippen LogP contribution in [0, 0.1) is 0 Å². The number of nitrogens with one attached hydrogen (secondary N) is 1. The second-order valence-electron chi connectivity index (χ2n) is 3.30. The van der Waals surface area contributed by atoms with Gasteiger partial charge in [-0.1, -0.05) is 0 Å². The van der Waals surface area contributed by atoms with Gasteiger partial charge in [-0.2, -0.15) is 0 Å². The van der Waals surface area contributed by atoms with Crippen LogP contribution in [0.5, 0.6) is 0 Å². The molecule has 1 aliphatic heterocycles. The van der Waals surface area contributed by atoms with Crippen LogP contribution < -0.4 is 5.32 Å². The maximum Gasteiger partial charge on any atom is 0.341 e. The molecule has 0 amide bonds. The quantitative estimate of drug-likeness (QED) is 0.748. The smallest absolute Gasteiger partial charge is 0.341 e. The first-order chi connectivity index (χ1) is 7.27. The molecule has 0 aliphatic carbocycles. The average molecular weight is 209 g/mol. The minimum absolute atomic E-state index is 0.0874. The minimum Gasteiger partial charge on any atom is -0.477 e. The highest BCUT2D eigenvalue weighted by Crippen LogP contribution is 2.15. The normalized spacial score (nSPS) is 20.1. The van der Waals surface area contributed by atoms with Gasteiger partial charge >= 0.3 is 5.97 Å². The maximum atomic E-state index is 10.8. The number of aromatic carboxylic acids is 1. The second kappa shape index (κ2) is 4.22. The molecule has 0 bridgehead atoms. The van der Waals surface area contributed by atoms with Gasteiger partial charge in [0.15, 0.2) is 0 Å². The first-order valence-corrected chi connectivity index (χ1v) is 4.65. The van der Waals surface area contributed by atoms with Crippen molar-refractivity contribution in [3.8, 4) is 0 Å². The number of carboxylic acids is 1. The molecule has 2 rings (SSSR count). The van der Waals surface area contributed by atoms with E-state index in [2.05, 4.69) is 15.3 Å². The van der Waals surface area contributed by atoms with Crippen molar-refractivity contribution in [3.63, 3.8) is 0 Å². The summed E-state index contributed by atoms with van der Waals surface area (Å²) in [5, 5.41) is 11.9. The van der Waals surface area contributed by atoms with E-state index < -0.39 is 5.97 Å². The van der Waals surface area contributed by atoms with Crippen LogP contribution in [0.3, 0.4) is 0 Å². The molecule has 2 N–H and O–H groups in total. The third kappa shape index (κ3) is 2.21. The fourth-order valence-corrected chi connectivity index (χ4v) is 1.44. The van der Waals surface area contributed by atoms with Gasteiger partial charge in [-0.05, 0) is 6.42 Å². The number of anilines is 1. The molecule has 1 unspecified atom stereocenters. The Hall–Kier alpha value is -1.69. The molecule has 1 aromatic heterocycles. The van der Waals surface area contributed by atoms with Gasteiger partial charge in [-0.25, -0.2) is 14.8 Å². The summed E-state index contributed by atoms with van der Waals surface area (Å²) in [5.41, 5.74) is 0.0874. The SMILES string of the molecule is O=C(O)c1cncnc1NC1CCOC1. The highest BCUT2D eigenvalue weighted by molar-refractivity contribution is 5.92. The second-order valence-corrected chi connectivity index (χ2v) is 3.30. The van der Waals surface area contributed by atoms with Gasteiger partial charge in [-0.15, -0.1) is 0 Å². The van der Waals surface area contributed by atoms with Gasteiger partial charge in [0, 0.05) is 12.8 Å². The molecule has 6 heteroatoms.